The zero-order valence-corrected chi connectivity index (χ0v) is 12.7. The van der Waals surface area contributed by atoms with Gasteiger partial charge in [-0.05, 0) is 30.4 Å². The first kappa shape index (κ1) is 14.3. The molecular weight excluding hydrogens is 298 g/mol. The van der Waals surface area contributed by atoms with Gasteiger partial charge in [-0.3, -0.25) is 0 Å². The molecule has 1 aromatic carbocycles. The van der Waals surface area contributed by atoms with Crippen molar-refractivity contribution in [2.45, 2.75) is 36.8 Å². The average molecular weight is 316 g/mol. The van der Waals surface area contributed by atoms with E-state index in [4.69, 9.17) is 16.3 Å². The fourth-order valence-electron chi connectivity index (χ4n) is 2.95. The number of hydrogen-bond acceptors (Lipinski definition) is 3. The van der Waals surface area contributed by atoms with Gasteiger partial charge >= 0.3 is 0 Å². The fourth-order valence-corrected chi connectivity index (χ4v) is 4.91. The smallest absolute Gasteiger partial charge is 0.214 e. The van der Waals surface area contributed by atoms with E-state index in [0.717, 1.165) is 24.0 Å². The predicted molar refractivity (Wildman–Crippen MR) is 78.4 cm³/mol. The number of nitrogens with one attached hydrogen (secondary N) is 1. The van der Waals surface area contributed by atoms with Crippen LogP contribution in [0.4, 0.5) is 0 Å². The number of ether oxygens (including phenoxy) is 1. The molecule has 1 aliphatic carbocycles. The van der Waals surface area contributed by atoms with Crippen molar-refractivity contribution in [3.63, 3.8) is 0 Å². The molecule has 3 atom stereocenters. The van der Waals surface area contributed by atoms with E-state index in [-0.39, 0.29) is 23.3 Å². The average Bonchev–Trinajstić information content (AvgIpc) is 2.98. The van der Waals surface area contributed by atoms with E-state index >= 15 is 0 Å². The molecule has 6 heteroatoms. The lowest BCUT2D eigenvalue weighted by Crippen LogP contribution is -2.36. The first-order valence-electron chi connectivity index (χ1n) is 6.89. The number of fused-ring (bicyclic) bond motifs is 1. The molecule has 1 saturated heterocycles. The molecule has 20 heavy (non-hydrogen) atoms. The molecule has 110 valence electrons. The van der Waals surface area contributed by atoms with Crippen LogP contribution in [0.1, 0.15) is 30.0 Å². The molecule has 3 unspecified atom stereocenters. The van der Waals surface area contributed by atoms with Gasteiger partial charge in [0.1, 0.15) is 0 Å². The topological polar surface area (TPSA) is 55.4 Å². The highest BCUT2D eigenvalue weighted by molar-refractivity contribution is 7.89. The van der Waals surface area contributed by atoms with E-state index in [1.165, 1.54) is 0 Å². The van der Waals surface area contributed by atoms with Crippen LogP contribution >= 0.6 is 11.6 Å². The molecule has 0 amide bonds. The summed E-state index contributed by atoms with van der Waals surface area (Å²) in [5, 5.41) is -0.230. The summed E-state index contributed by atoms with van der Waals surface area (Å²) in [7, 11) is -3.38. The summed E-state index contributed by atoms with van der Waals surface area (Å²) >= 11 is 6.31. The summed E-state index contributed by atoms with van der Waals surface area (Å²) in [4.78, 5) is 0. The van der Waals surface area contributed by atoms with Gasteiger partial charge in [0.25, 0.3) is 0 Å². The van der Waals surface area contributed by atoms with Gasteiger partial charge in [0.15, 0.2) is 0 Å². The van der Waals surface area contributed by atoms with Crippen LogP contribution in [0.15, 0.2) is 24.3 Å². The van der Waals surface area contributed by atoms with Gasteiger partial charge < -0.3 is 4.74 Å². The number of halogens is 1. The van der Waals surface area contributed by atoms with Crippen molar-refractivity contribution in [1.82, 2.24) is 4.72 Å². The van der Waals surface area contributed by atoms with Crippen LogP contribution in [0.25, 0.3) is 0 Å². The van der Waals surface area contributed by atoms with Crippen LogP contribution in [0, 0.1) is 0 Å². The molecule has 0 bridgehead atoms. The number of sulfonamides is 1. The first-order chi connectivity index (χ1) is 9.55. The third-order valence-electron chi connectivity index (χ3n) is 3.90. The maximum Gasteiger partial charge on any atom is 0.214 e. The third kappa shape index (κ3) is 3.01. The van der Waals surface area contributed by atoms with Crippen LogP contribution in [0.3, 0.4) is 0 Å². The van der Waals surface area contributed by atoms with Crippen molar-refractivity contribution in [3.05, 3.63) is 35.4 Å². The molecule has 0 radical (unpaired) electrons. The molecule has 1 N–H and O–H groups in total. The highest BCUT2D eigenvalue weighted by atomic mass is 35.5. The van der Waals surface area contributed by atoms with Crippen molar-refractivity contribution >= 4 is 21.6 Å². The largest absolute Gasteiger partial charge is 0.377 e. The van der Waals surface area contributed by atoms with Gasteiger partial charge in [-0.2, -0.15) is 0 Å². The van der Waals surface area contributed by atoms with Crippen molar-refractivity contribution in [2.24, 2.45) is 0 Å². The Morgan fingerprint density at radius 3 is 2.90 bits per heavy atom. The summed E-state index contributed by atoms with van der Waals surface area (Å²) < 4.78 is 32.6. The molecule has 1 aromatic rings. The minimum absolute atomic E-state index is 0.0231. The van der Waals surface area contributed by atoms with Crippen molar-refractivity contribution < 1.29 is 13.2 Å². The zero-order valence-electron chi connectivity index (χ0n) is 11.1. The molecule has 1 aliphatic heterocycles. The highest BCUT2D eigenvalue weighted by Gasteiger charge is 2.34. The molecule has 0 saturated carbocycles. The van der Waals surface area contributed by atoms with E-state index < -0.39 is 10.0 Å². The molecule has 2 aliphatic rings. The minimum atomic E-state index is -3.38. The maximum absolute atomic E-state index is 12.2. The van der Waals surface area contributed by atoms with E-state index in [1.54, 1.807) is 0 Å². The lowest BCUT2D eigenvalue weighted by Gasteiger charge is -2.19. The Balaban J connectivity index is 1.73. The molecule has 4 nitrogen and oxygen atoms in total. The number of benzene rings is 1. The third-order valence-corrected chi connectivity index (χ3v) is 5.73. The van der Waals surface area contributed by atoms with Crippen molar-refractivity contribution in [3.8, 4) is 0 Å². The van der Waals surface area contributed by atoms with Gasteiger partial charge in [-0.1, -0.05) is 24.3 Å². The number of rotatable bonds is 4. The van der Waals surface area contributed by atoms with Gasteiger partial charge in [0, 0.05) is 6.61 Å². The molecule has 0 spiro atoms. The Morgan fingerprint density at radius 2 is 2.15 bits per heavy atom. The summed E-state index contributed by atoms with van der Waals surface area (Å²) in [6.45, 7) is 0.657. The van der Waals surface area contributed by atoms with E-state index in [9.17, 15) is 8.42 Å². The normalized spacial score (nSPS) is 29.6. The quantitative estimate of drug-likeness (QED) is 0.865. The van der Waals surface area contributed by atoms with Crippen LogP contribution in [0.2, 0.25) is 0 Å². The minimum Gasteiger partial charge on any atom is -0.377 e. The Hall–Kier alpha value is -0.620. The number of alkyl halides is 1. The van der Waals surface area contributed by atoms with E-state index in [1.807, 2.05) is 24.3 Å². The van der Waals surface area contributed by atoms with Crippen LogP contribution in [-0.2, 0) is 21.2 Å². The van der Waals surface area contributed by atoms with Gasteiger partial charge in [-0.25, -0.2) is 13.1 Å². The summed E-state index contributed by atoms with van der Waals surface area (Å²) in [6.07, 6.45) is 2.26. The molecule has 3 rings (SSSR count). The molecular formula is C14H18ClNO3S. The Kier molecular flexibility index (Phi) is 4.04. The fraction of sp³-hybridized carbons (Fsp3) is 0.571. The Morgan fingerprint density at radius 1 is 1.35 bits per heavy atom. The second kappa shape index (κ2) is 5.64. The summed E-state index contributed by atoms with van der Waals surface area (Å²) in [5.41, 5.74) is 2.11. The van der Waals surface area contributed by atoms with Gasteiger partial charge in [0.2, 0.25) is 10.0 Å². The van der Waals surface area contributed by atoms with Crippen molar-refractivity contribution in [1.29, 1.82) is 0 Å². The predicted octanol–water partition coefficient (Wildman–Crippen LogP) is 1.99. The zero-order chi connectivity index (χ0) is 14.2. The maximum atomic E-state index is 12.2. The first-order valence-corrected chi connectivity index (χ1v) is 8.97. The summed E-state index contributed by atoms with van der Waals surface area (Å²) in [5.74, 6) is 0.0231. The van der Waals surface area contributed by atoms with E-state index in [0.29, 0.717) is 13.0 Å². The van der Waals surface area contributed by atoms with Crippen LogP contribution in [0.5, 0.6) is 0 Å². The molecule has 0 aromatic heterocycles. The second-order valence-electron chi connectivity index (χ2n) is 5.43. The van der Waals surface area contributed by atoms with Crippen LogP contribution in [-0.4, -0.2) is 32.3 Å². The standard InChI is InChI=1S/C14H18ClNO3S/c15-13-8-10-4-1-2-6-12(10)14(13)16-20(17,18)9-11-5-3-7-19-11/h1-2,4,6,11,13-14,16H,3,5,7-9H2. The molecule has 1 fully saturated rings. The van der Waals surface area contributed by atoms with Gasteiger partial charge in [0.05, 0.1) is 23.3 Å². The Labute approximate surface area is 124 Å². The summed E-state index contributed by atoms with van der Waals surface area (Å²) in [6, 6.07) is 7.47. The number of hydrogen-bond donors (Lipinski definition) is 1. The Bertz CT molecular complexity index is 584. The SMILES string of the molecule is O=S(=O)(CC1CCCO1)NC1c2ccccc2CC1Cl. The van der Waals surface area contributed by atoms with Crippen molar-refractivity contribution in [2.75, 3.05) is 12.4 Å². The highest BCUT2D eigenvalue weighted by Crippen LogP contribution is 2.35. The molecule has 1 heterocycles. The second-order valence-corrected chi connectivity index (χ2v) is 7.79. The van der Waals surface area contributed by atoms with Gasteiger partial charge in [-0.15, -0.1) is 11.6 Å². The monoisotopic (exact) mass is 315 g/mol. The lowest BCUT2D eigenvalue weighted by molar-refractivity contribution is 0.127. The van der Waals surface area contributed by atoms with Crippen LogP contribution < -0.4 is 4.72 Å². The van der Waals surface area contributed by atoms with E-state index in [2.05, 4.69) is 4.72 Å². The lowest BCUT2D eigenvalue weighted by atomic mass is 10.1.